The third-order valence-corrected chi connectivity index (χ3v) is 10.1. The van der Waals surface area contributed by atoms with Crippen LogP contribution in [-0.4, -0.2) is 15.0 Å². The fourth-order valence-electron chi connectivity index (χ4n) is 7.63. The molecule has 0 radical (unpaired) electrons. The van der Waals surface area contributed by atoms with E-state index < -0.39 is 0 Å². The molecular weight excluding hydrogens is 587 g/mol. The molecule has 10 rings (SSSR count). The van der Waals surface area contributed by atoms with Gasteiger partial charge >= 0.3 is 0 Å². The summed E-state index contributed by atoms with van der Waals surface area (Å²) in [6, 6.07) is 49.0. The third-order valence-electron chi connectivity index (χ3n) is 10.1. The van der Waals surface area contributed by atoms with Crippen molar-refractivity contribution in [2.24, 2.45) is 0 Å². The van der Waals surface area contributed by atoms with Crippen LogP contribution in [0.1, 0.15) is 25.0 Å². The van der Waals surface area contributed by atoms with Crippen LogP contribution in [0.25, 0.3) is 88.8 Å². The van der Waals surface area contributed by atoms with E-state index >= 15 is 0 Å². The number of furan rings is 1. The Hall–Kier alpha value is -6.13. The van der Waals surface area contributed by atoms with Crippen LogP contribution in [0.3, 0.4) is 0 Å². The number of hydrogen-bond donors (Lipinski definition) is 0. The predicted octanol–water partition coefficient (Wildman–Crippen LogP) is 11.4. The van der Waals surface area contributed by atoms with Gasteiger partial charge in [0.15, 0.2) is 17.5 Å². The summed E-state index contributed by atoms with van der Waals surface area (Å²) in [5.74, 6) is 1.90. The molecule has 9 aromatic rings. The average molecular weight is 616 g/mol. The molecule has 4 nitrogen and oxygen atoms in total. The lowest BCUT2D eigenvalue weighted by Crippen LogP contribution is -2.14. The van der Waals surface area contributed by atoms with Crippen molar-refractivity contribution < 1.29 is 4.42 Å². The van der Waals surface area contributed by atoms with Crippen LogP contribution in [0.5, 0.6) is 0 Å². The highest BCUT2D eigenvalue weighted by Gasteiger charge is 2.37. The van der Waals surface area contributed by atoms with Crippen molar-refractivity contribution in [1.29, 1.82) is 0 Å². The Morgan fingerprint density at radius 1 is 0.438 bits per heavy atom. The Morgan fingerprint density at radius 3 is 1.83 bits per heavy atom. The van der Waals surface area contributed by atoms with E-state index in [0.29, 0.717) is 17.5 Å². The first-order valence-corrected chi connectivity index (χ1v) is 16.4. The molecule has 0 aliphatic heterocycles. The molecule has 226 valence electrons. The fraction of sp³-hybridized carbons (Fsp3) is 0.0682. The lowest BCUT2D eigenvalue weighted by molar-refractivity contribution is 0.660. The van der Waals surface area contributed by atoms with Crippen molar-refractivity contribution in [2.45, 2.75) is 19.3 Å². The zero-order chi connectivity index (χ0) is 32.0. The average Bonchev–Trinajstić information content (AvgIpc) is 3.60. The largest absolute Gasteiger partial charge is 0.456 e. The number of aromatic nitrogens is 3. The van der Waals surface area contributed by atoms with Crippen molar-refractivity contribution in [3.8, 4) is 45.3 Å². The van der Waals surface area contributed by atoms with E-state index in [1.165, 1.54) is 33.0 Å². The van der Waals surface area contributed by atoms with E-state index in [0.717, 1.165) is 49.4 Å². The zero-order valence-electron chi connectivity index (χ0n) is 26.5. The normalized spacial score (nSPS) is 13.4. The summed E-state index contributed by atoms with van der Waals surface area (Å²) >= 11 is 0. The fourth-order valence-corrected chi connectivity index (χ4v) is 7.63. The van der Waals surface area contributed by atoms with Crippen LogP contribution < -0.4 is 0 Å². The molecule has 0 spiro atoms. The van der Waals surface area contributed by atoms with Crippen molar-refractivity contribution in [1.82, 2.24) is 15.0 Å². The minimum Gasteiger partial charge on any atom is -0.456 e. The summed E-state index contributed by atoms with van der Waals surface area (Å²) in [5, 5.41) is 6.85. The summed E-state index contributed by atoms with van der Waals surface area (Å²) in [4.78, 5) is 15.5. The number of fused-ring (bicyclic) bond motifs is 8. The lowest BCUT2D eigenvalue weighted by Gasteiger charge is -2.21. The molecule has 48 heavy (non-hydrogen) atoms. The Bertz CT molecular complexity index is 2770. The minimum absolute atomic E-state index is 0.129. The van der Waals surface area contributed by atoms with E-state index in [1.807, 2.05) is 0 Å². The maximum Gasteiger partial charge on any atom is 0.164 e. The summed E-state index contributed by atoms with van der Waals surface area (Å²) in [7, 11) is 0. The van der Waals surface area contributed by atoms with Crippen LogP contribution in [0, 0.1) is 0 Å². The molecule has 2 aromatic heterocycles. The van der Waals surface area contributed by atoms with Gasteiger partial charge in [0.2, 0.25) is 0 Å². The highest BCUT2D eigenvalue weighted by Crippen LogP contribution is 2.51. The standard InChI is InChI=1S/C44H29N3O/c1-44(2)36-16-8-7-14-33(36)40-34(15-9-17-37(40)44)43-46-41(30-19-18-26-10-3-4-11-27(26)22-30)45-42(47-43)31-20-21-32-35-23-28-12-5-6-13-29(28)24-39(35)48-38(32)25-31/h3-25H,1-2H3. The molecule has 0 unspecified atom stereocenters. The molecule has 0 bridgehead atoms. The Morgan fingerprint density at radius 2 is 1.02 bits per heavy atom. The summed E-state index contributed by atoms with van der Waals surface area (Å²) in [5.41, 5.74) is 9.42. The molecule has 0 atom stereocenters. The summed E-state index contributed by atoms with van der Waals surface area (Å²) in [6.45, 7) is 4.60. The van der Waals surface area contributed by atoms with Crippen LogP contribution in [0.2, 0.25) is 0 Å². The first-order chi connectivity index (χ1) is 23.5. The van der Waals surface area contributed by atoms with Gasteiger partial charge in [-0.3, -0.25) is 0 Å². The second kappa shape index (κ2) is 9.93. The molecule has 0 saturated carbocycles. The van der Waals surface area contributed by atoms with E-state index in [4.69, 9.17) is 19.4 Å². The van der Waals surface area contributed by atoms with E-state index in [9.17, 15) is 0 Å². The van der Waals surface area contributed by atoms with Gasteiger partial charge < -0.3 is 4.42 Å². The van der Waals surface area contributed by atoms with Gasteiger partial charge in [-0.05, 0) is 74.1 Å². The molecule has 0 saturated heterocycles. The van der Waals surface area contributed by atoms with Crippen LogP contribution in [-0.2, 0) is 5.41 Å². The van der Waals surface area contributed by atoms with Gasteiger partial charge in [-0.15, -0.1) is 0 Å². The van der Waals surface area contributed by atoms with Gasteiger partial charge in [0.1, 0.15) is 11.2 Å². The molecule has 0 fully saturated rings. The van der Waals surface area contributed by atoms with Crippen LogP contribution in [0.4, 0.5) is 0 Å². The quantitative estimate of drug-likeness (QED) is 0.198. The molecule has 1 aliphatic carbocycles. The molecule has 1 aliphatic rings. The number of rotatable bonds is 3. The number of hydrogen-bond acceptors (Lipinski definition) is 4. The minimum atomic E-state index is -0.129. The topological polar surface area (TPSA) is 51.8 Å². The molecule has 7 aromatic carbocycles. The van der Waals surface area contributed by atoms with Crippen molar-refractivity contribution >= 4 is 43.5 Å². The predicted molar refractivity (Wildman–Crippen MR) is 196 cm³/mol. The smallest absolute Gasteiger partial charge is 0.164 e. The maximum atomic E-state index is 6.45. The zero-order valence-corrected chi connectivity index (χ0v) is 26.5. The monoisotopic (exact) mass is 615 g/mol. The summed E-state index contributed by atoms with van der Waals surface area (Å²) < 4.78 is 6.45. The third kappa shape index (κ3) is 3.99. The van der Waals surface area contributed by atoms with Crippen molar-refractivity contribution in [2.75, 3.05) is 0 Å². The molecule has 0 N–H and O–H groups in total. The van der Waals surface area contributed by atoms with E-state index in [-0.39, 0.29) is 5.41 Å². The van der Waals surface area contributed by atoms with Gasteiger partial charge in [-0.25, -0.2) is 15.0 Å². The highest BCUT2D eigenvalue weighted by atomic mass is 16.3. The Labute approximate surface area is 277 Å². The molecular formula is C44H29N3O. The van der Waals surface area contributed by atoms with E-state index in [2.05, 4.69) is 153 Å². The van der Waals surface area contributed by atoms with Gasteiger partial charge in [-0.2, -0.15) is 0 Å². The number of benzene rings is 7. The molecule has 4 heteroatoms. The first-order valence-electron chi connectivity index (χ1n) is 16.4. The van der Waals surface area contributed by atoms with Crippen molar-refractivity contribution in [3.63, 3.8) is 0 Å². The van der Waals surface area contributed by atoms with Gasteiger partial charge in [0.05, 0.1) is 0 Å². The highest BCUT2D eigenvalue weighted by molar-refractivity contribution is 6.10. The van der Waals surface area contributed by atoms with Crippen LogP contribution >= 0.6 is 0 Å². The first kappa shape index (κ1) is 27.0. The van der Waals surface area contributed by atoms with Crippen molar-refractivity contribution in [3.05, 3.63) is 151 Å². The number of nitrogens with zero attached hydrogens (tertiary/aromatic N) is 3. The van der Waals surface area contributed by atoms with Gasteiger partial charge in [-0.1, -0.05) is 123 Å². The van der Waals surface area contributed by atoms with E-state index in [1.54, 1.807) is 0 Å². The second-order valence-corrected chi connectivity index (χ2v) is 13.3. The summed E-state index contributed by atoms with van der Waals surface area (Å²) in [6.07, 6.45) is 0. The maximum absolute atomic E-state index is 6.45. The molecule has 0 amide bonds. The lowest BCUT2D eigenvalue weighted by atomic mass is 9.82. The second-order valence-electron chi connectivity index (χ2n) is 13.3. The Balaban J connectivity index is 1.20. The van der Waals surface area contributed by atoms with Gasteiger partial charge in [0.25, 0.3) is 0 Å². The van der Waals surface area contributed by atoms with Gasteiger partial charge in [0, 0.05) is 32.9 Å². The molecule has 2 heterocycles. The SMILES string of the molecule is CC1(C)c2ccccc2-c2c(-c3nc(-c4ccc5ccccc5c4)nc(-c4ccc5c(c4)oc4cc6ccccc6cc45)n3)cccc21. The Kier molecular flexibility index (Phi) is 5.59. The van der Waals surface area contributed by atoms with Crippen LogP contribution in [0.15, 0.2) is 144 Å².